The topological polar surface area (TPSA) is 0 Å². The highest BCUT2D eigenvalue weighted by molar-refractivity contribution is 6.03. The van der Waals surface area contributed by atoms with E-state index in [2.05, 4.69) is 134 Å². The molecule has 0 aliphatic heterocycles. The van der Waals surface area contributed by atoms with Gasteiger partial charge in [0.1, 0.15) is 0 Å². The van der Waals surface area contributed by atoms with Gasteiger partial charge in [-0.1, -0.05) is 126 Å². The van der Waals surface area contributed by atoms with E-state index in [1.807, 2.05) is 0 Å². The molecule has 0 amide bonds. The normalized spacial score (nSPS) is 19.1. The van der Waals surface area contributed by atoms with Crippen LogP contribution >= 0.6 is 0 Å². The van der Waals surface area contributed by atoms with Crippen molar-refractivity contribution in [1.29, 1.82) is 0 Å². The van der Waals surface area contributed by atoms with Crippen molar-refractivity contribution in [3.8, 4) is 11.1 Å². The molecule has 0 radical (unpaired) electrons. The van der Waals surface area contributed by atoms with E-state index in [-0.39, 0.29) is 5.41 Å². The van der Waals surface area contributed by atoms with Crippen LogP contribution in [-0.4, -0.2) is 0 Å². The predicted molar refractivity (Wildman–Crippen MR) is 175 cm³/mol. The largest absolute Gasteiger partial charge is 0.0842 e. The standard InChI is InChI=1S/C40H44/c1-9-10-13-31-24(2)20-25(3)36-22-29(16-18-33(31)36)27(5)28(6)30-17-19-35-37(23-30)40(7,8)38-21-26(4)32-14-11-12-15-34(32)39(35)38/h10-19,21-23,25,27-28H,9,20H2,1-8H3/b13-10-. The van der Waals surface area contributed by atoms with E-state index in [4.69, 9.17) is 0 Å². The maximum absolute atomic E-state index is 2.53. The first-order valence-corrected chi connectivity index (χ1v) is 15.3. The smallest absolute Gasteiger partial charge is 0.0159 e. The lowest BCUT2D eigenvalue weighted by molar-refractivity contribution is 0.614. The van der Waals surface area contributed by atoms with Crippen molar-refractivity contribution in [2.24, 2.45) is 0 Å². The van der Waals surface area contributed by atoms with Crippen LogP contribution in [0.2, 0.25) is 0 Å². The summed E-state index contributed by atoms with van der Waals surface area (Å²) in [5.41, 5.74) is 16.0. The lowest BCUT2D eigenvalue weighted by Crippen LogP contribution is -2.16. The van der Waals surface area contributed by atoms with Crippen LogP contribution in [-0.2, 0) is 5.41 Å². The second kappa shape index (κ2) is 9.91. The third kappa shape index (κ3) is 4.11. The first-order valence-electron chi connectivity index (χ1n) is 15.3. The molecule has 4 aromatic carbocycles. The molecule has 0 saturated heterocycles. The van der Waals surface area contributed by atoms with Crippen molar-refractivity contribution < 1.29 is 0 Å². The van der Waals surface area contributed by atoms with Gasteiger partial charge in [0, 0.05) is 5.41 Å². The Kier molecular flexibility index (Phi) is 6.65. The molecule has 0 bridgehead atoms. The number of fused-ring (bicyclic) bond motifs is 6. The molecule has 0 spiro atoms. The molecule has 0 fully saturated rings. The van der Waals surface area contributed by atoms with Crippen LogP contribution < -0.4 is 0 Å². The number of hydrogen-bond donors (Lipinski definition) is 0. The SMILES string of the molecule is CC/C=C\C1=C(C)CC(C)c2cc(C(C)C(C)c3ccc4c(c3)C(C)(C)c3cc(C)c5ccccc5c3-4)ccc21. The zero-order chi connectivity index (χ0) is 28.3. The minimum Gasteiger partial charge on any atom is -0.0842 e. The fraction of sp³-hybridized carbons (Fsp3) is 0.350. The van der Waals surface area contributed by atoms with Gasteiger partial charge in [-0.05, 0) is 111 Å². The molecular formula is C40H44. The van der Waals surface area contributed by atoms with Crippen molar-refractivity contribution in [1.82, 2.24) is 0 Å². The summed E-state index contributed by atoms with van der Waals surface area (Å²) in [5.74, 6) is 1.43. The van der Waals surface area contributed by atoms with Crippen LogP contribution in [0.15, 0.2) is 84.5 Å². The van der Waals surface area contributed by atoms with Crippen molar-refractivity contribution in [3.05, 3.63) is 123 Å². The Morgan fingerprint density at radius 2 is 1.48 bits per heavy atom. The minimum absolute atomic E-state index is 0.00766. The van der Waals surface area contributed by atoms with Crippen LogP contribution in [0.4, 0.5) is 0 Å². The summed E-state index contributed by atoms with van der Waals surface area (Å²) in [6, 6.07) is 26.0. The summed E-state index contributed by atoms with van der Waals surface area (Å²) in [6.45, 7) is 18.8. The van der Waals surface area contributed by atoms with E-state index < -0.39 is 0 Å². The fourth-order valence-corrected chi connectivity index (χ4v) is 7.54. The second-order valence-electron chi connectivity index (χ2n) is 13.1. The molecule has 0 heterocycles. The van der Waals surface area contributed by atoms with Gasteiger partial charge in [-0.3, -0.25) is 0 Å². The van der Waals surface area contributed by atoms with Gasteiger partial charge in [-0.25, -0.2) is 0 Å². The minimum atomic E-state index is -0.00766. The quantitative estimate of drug-likeness (QED) is 0.243. The fourth-order valence-electron chi connectivity index (χ4n) is 7.54. The molecule has 2 aliphatic rings. The number of hydrogen-bond acceptors (Lipinski definition) is 0. The van der Waals surface area contributed by atoms with Gasteiger partial charge in [0.25, 0.3) is 0 Å². The molecule has 204 valence electrons. The lowest BCUT2D eigenvalue weighted by Gasteiger charge is -2.29. The Bertz CT molecular complexity index is 1690. The average Bonchev–Trinajstić information content (AvgIpc) is 3.18. The Balaban J connectivity index is 1.37. The van der Waals surface area contributed by atoms with Gasteiger partial charge in [-0.2, -0.15) is 0 Å². The molecule has 0 heteroatoms. The highest BCUT2D eigenvalue weighted by Gasteiger charge is 2.37. The predicted octanol–water partition coefficient (Wildman–Crippen LogP) is 11.6. The lowest BCUT2D eigenvalue weighted by atomic mass is 9.76. The highest BCUT2D eigenvalue weighted by Crippen LogP contribution is 2.53. The van der Waals surface area contributed by atoms with Gasteiger partial charge in [0.15, 0.2) is 0 Å². The van der Waals surface area contributed by atoms with E-state index in [1.54, 1.807) is 0 Å². The Morgan fingerprint density at radius 1 is 0.825 bits per heavy atom. The monoisotopic (exact) mass is 524 g/mol. The second-order valence-corrected chi connectivity index (χ2v) is 13.1. The summed E-state index contributed by atoms with van der Waals surface area (Å²) in [4.78, 5) is 0. The molecule has 3 unspecified atom stereocenters. The summed E-state index contributed by atoms with van der Waals surface area (Å²) in [6.07, 6.45) is 6.88. The van der Waals surface area contributed by atoms with Crippen molar-refractivity contribution >= 4 is 16.3 Å². The maximum Gasteiger partial charge on any atom is 0.0159 e. The van der Waals surface area contributed by atoms with Crippen LogP contribution in [0, 0.1) is 6.92 Å². The van der Waals surface area contributed by atoms with Crippen LogP contribution in [0.3, 0.4) is 0 Å². The molecule has 0 aromatic heterocycles. The Labute approximate surface area is 241 Å². The third-order valence-electron chi connectivity index (χ3n) is 10.2. The Morgan fingerprint density at radius 3 is 2.17 bits per heavy atom. The van der Waals surface area contributed by atoms with Crippen molar-refractivity contribution in [2.75, 3.05) is 0 Å². The molecule has 0 nitrogen and oxygen atoms in total. The first-order chi connectivity index (χ1) is 19.1. The van der Waals surface area contributed by atoms with Crippen LogP contribution in [0.5, 0.6) is 0 Å². The highest BCUT2D eigenvalue weighted by atomic mass is 14.4. The summed E-state index contributed by atoms with van der Waals surface area (Å²) < 4.78 is 0. The summed E-state index contributed by atoms with van der Waals surface area (Å²) in [5, 5.41) is 2.76. The number of allylic oxidation sites excluding steroid dienone is 4. The molecule has 0 saturated carbocycles. The maximum atomic E-state index is 2.53. The zero-order valence-electron chi connectivity index (χ0n) is 25.7. The molecule has 3 atom stereocenters. The van der Waals surface area contributed by atoms with Gasteiger partial charge >= 0.3 is 0 Å². The van der Waals surface area contributed by atoms with Crippen LogP contribution in [0.1, 0.15) is 118 Å². The number of rotatable bonds is 5. The van der Waals surface area contributed by atoms with E-state index >= 15 is 0 Å². The zero-order valence-corrected chi connectivity index (χ0v) is 25.7. The van der Waals surface area contributed by atoms with E-state index in [1.165, 1.54) is 72.0 Å². The summed E-state index contributed by atoms with van der Waals surface area (Å²) in [7, 11) is 0. The van der Waals surface area contributed by atoms with E-state index in [9.17, 15) is 0 Å². The number of benzene rings is 4. The first kappa shape index (κ1) is 26.8. The molecule has 40 heavy (non-hydrogen) atoms. The van der Waals surface area contributed by atoms with Crippen molar-refractivity contribution in [2.45, 2.75) is 91.4 Å². The third-order valence-corrected chi connectivity index (χ3v) is 10.2. The molecule has 6 rings (SSSR count). The van der Waals surface area contributed by atoms with Gasteiger partial charge in [-0.15, -0.1) is 0 Å². The van der Waals surface area contributed by atoms with E-state index in [0.29, 0.717) is 17.8 Å². The molecule has 4 aromatic rings. The number of aryl methyl sites for hydroxylation is 1. The summed E-state index contributed by atoms with van der Waals surface area (Å²) >= 11 is 0. The van der Waals surface area contributed by atoms with E-state index in [0.717, 1.165) is 12.8 Å². The van der Waals surface area contributed by atoms with Crippen molar-refractivity contribution in [3.63, 3.8) is 0 Å². The van der Waals surface area contributed by atoms with Gasteiger partial charge in [0.05, 0.1) is 0 Å². The average molecular weight is 525 g/mol. The van der Waals surface area contributed by atoms with Gasteiger partial charge < -0.3 is 0 Å². The molecule has 0 N–H and O–H groups in total. The molecular weight excluding hydrogens is 480 g/mol. The Hall–Kier alpha value is -3.38. The van der Waals surface area contributed by atoms with Gasteiger partial charge in [0.2, 0.25) is 0 Å². The van der Waals surface area contributed by atoms with Crippen LogP contribution in [0.25, 0.3) is 27.5 Å². The molecule has 2 aliphatic carbocycles.